The van der Waals surface area contributed by atoms with Crippen molar-refractivity contribution in [2.75, 3.05) is 0 Å². The molecule has 0 radical (unpaired) electrons. The first kappa shape index (κ1) is 13.6. The van der Waals surface area contributed by atoms with Crippen molar-refractivity contribution in [3.8, 4) is 0 Å². The van der Waals surface area contributed by atoms with Crippen LogP contribution in [-0.2, 0) is 6.42 Å². The van der Waals surface area contributed by atoms with E-state index in [2.05, 4.69) is 59.4 Å². The standard InChI is InChI=1S/C19H20N2/c1-15-7-5-11-17(13-15)18-14-20-19(21-18)12-6-10-16-8-3-2-4-9-16/h2-6,8-11,13-15H,7,12H2,1H3,(H,20,21)/b10-6+. The van der Waals surface area contributed by atoms with Crippen molar-refractivity contribution in [3.05, 3.63) is 77.9 Å². The van der Waals surface area contributed by atoms with E-state index in [0.29, 0.717) is 5.92 Å². The molecule has 2 heteroatoms. The molecule has 2 nitrogen and oxygen atoms in total. The van der Waals surface area contributed by atoms with Crippen LogP contribution < -0.4 is 0 Å². The summed E-state index contributed by atoms with van der Waals surface area (Å²) in [5.74, 6) is 1.61. The van der Waals surface area contributed by atoms with Crippen LogP contribution >= 0.6 is 0 Å². The Balaban J connectivity index is 1.66. The Kier molecular flexibility index (Phi) is 4.15. The molecule has 0 saturated carbocycles. The van der Waals surface area contributed by atoms with Crippen molar-refractivity contribution < 1.29 is 0 Å². The number of hydrogen-bond acceptors (Lipinski definition) is 1. The van der Waals surface area contributed by atoms with Gasteiger partial charge in [0.2, 0.25) is 0 Å². The van der Waals surface area contributed by atoms with Crippen LogP contribution in [0.2, 0.25) is 0 Å². The van der Waals surface area contributed by atoms with E-state index in [-0.39, 0.29) is 0 Å². The van der Waals surface area contributed by atoms with E-state index < -0.39 is 0 Å². The van der Waals surface area contributed by atoms with Gasteiger partial charge in [0, 0.05) is 6.42 Å². The highest BCUT2D eigenvalue weighted by Crippen LogP contribution is 2.23. The molecular formula is C19H20N2. The van der Waals surface area contributed by atoms with Crippen molar-refractivity contribution in [2.24, 2.45) is 5.92 Å². The number of hydrogen-bond donors (Lipinski definition) is 1. The monoisotopic (exact) mass is 276 g/mol. The van der Waals surface area contributed by atoms with E-state index in [1.807, 2.05) is 24.4 Å². The summed E-state index contributed by atoms with van der Waals surface area (Å²) >= 11 is 0. The topological polar surface area (TPSA) is 28.7 Å². The molecule has 0 bridgehead atoms. The maximum atomic E-state index is 4.47. The molecule has 1 heterocycles. The fraction of sp³-hybridized carbons (Fsp3) is 0.211. The largest absolute Gasteiger partial charge is 0.342 e. The second-order valence-corrected chi connectivity index (χ2v) is 5.50. The second kappa shape index (κ2) is 6.40. The number of aromatic nitrogens is 2. The van der Waals surface area contributed by atoms with Crippen LogP contribution in [0.1, 0.15) is 30.4 Å². The highest BCUT2D eigenvalue weighted by atomic mass is 14.9. The molecule has 0 aliphatic heterocycles. The lowest BCUT2D eigenvalue weighted by Crippen LogP contribution is -1.95. The van der Waals surface area contributed by atoms with Gasteiger partial charge in [0.05, 0.1) is 11.9 Å². The van der Waals surface area contributed by atoms with Gasteiger partial charge in [-0.3, -0.25) is 0 Å². The van der Waals surface area contributed by atoms with Crippen molar-refractivity contribution >= 4 is 11.6 Å². The smallest absolute Gasteiger partial charge is 0.110 e. The number of imidazole rings is 1. The van der Waals surface area contributed by atoms with Crippen LogP contribution in [0, 0.1) is 5.92 Å². The van der Waals surface area contributed by atoms with Gasteiger partial charge in [-0.25, -0.2) is 4.98 Å². The second-order valence-electron chi connectivity index (χ2n) is 5.50. The molecule has 0 spiro atoms. The molecule has 106 valence electrons. The molecule has 1 atom stereocenters. The predicted octanol–water partition coefficient (Wildman–Crippen LogP) is 4.65. The molecule has 1 aliphatic rings. The molecular weight excluding hydrogens is 256 g/mol. The van der Waals surface area contributed by atoms with Gasteiger partial charge in [-0.1, -0.05) is 67.6 Å². The predicted molar refractivity (Wildman–Crippen MR) is 88.7 cm³/mol. The third kappa shape index (κ3) is 3.60. The minimum Gasteiger partial charge on any atom is -0.342 e. The van der Waals surface area contributed by atoms with Crippen LogP contribution in [0.3, 0.4) is 0 Å². The van der Waals surface area contributed by atoms with Gasteiger partial charge in [-0.15, -0.1) is 0 Å². The molecule has 0 fully saturated rings. The zero-order valence-corrected chi connectivity index (χ0v) is 12.3. The number of benzene rings is 1. The van der Waals surface area contributed by atoms with E-state index in [0.717, 1.165) is 24.4 Å². The molecule has 1 aromatic heterocycles. The van der Waals surface area contributed by atoms with Gasteiger partial charge < -0.3 is 4.98 Å². The molecule has 2 aromatic rings. The van der Waals surface area contributed by atoms with Crippen LogP contribution in [-0.4, -0.2) is 9.97 Å². The summed E-state index contributed by atoms with van der Waals surface area (Å²) in [6.45, 7) is 2.24. The quantitative estimate of drug-likeness (QED) is 0.865. The SMILES string of the molecule is CC1C=C(c2cnc(C/C=C/c3ccccc3)[nH]2)C=CC1. The fourth-order valence-corrected chi connectivity index (χ4v) is 2.50. The summed E-state index contributed by atoms with van der Waals surface area (Å²) in [6.07, 6.45) is 14.9. The average Bonchev–Trinajstić information content (AvgIpc) is 2.97. The lowest BCUT2D eigenvalue weighted by atomic mass is 9.97. The molecule has 1 N–H and O–H groups in total. The van der Waals surface area contributed by atoms with Gasteiger partial charge >= 0.3 is 0 Å². The third-order valence-corrected chi connectivity index (χ3v) is 3.63. The van der Waals surface area contributed by atoms with E-state index in [4.69, 9.17) is 0 Å². The Morgan fingerprint density at radius 3 is 2.95 bits per heavy atom. The van der Waals surface area contributed by atoms with Crippen LogP contribution in [0.25, 0.3) is 11.6 Å². The maximum Gasteiger partial charge on any atom is 0.110 e. The Labute approximate surface area is 125 Å². The fourth-order valence-electron chi connectivity index (χ4n) is 2.50. The van der Waals surface area contributed by atoms with Crippen LogP contribution in [0.5, 0.6) is 0 Å². The highest BCUT2D eigenvalue weighted by Gasteiger charge is 2.08. The number of nitrogens with one attached hydrogen (secondary N) is 1. The van der Waals surface area contributed by atoms with E-state index >= 15 is 0 Å². The highest BCUT2D eigenvalue weighted by molar-refractivity contribution is 5.72. The van der Waals surface area contributed by atoms with Crippen LogP contribution in [0.15, 0.2) is 60.8 Å². The molecule has 0 amide bonds. The normalized spacial score (nSPS) is 18.1. The zero-order chi connectivity index (χ0) is 14.5. The molecule has 1 unspecified atom stereocenters. The summed E-state index contributed by atoms with van der Waals surface area (Å²) in [4.78, 5) is 7.87. The number of H-pyrrole nitrogens is 1. The van der Waals surface area contributed by atoms with Crippen molar-refractivity contribution in [2.45, 2.75) is 19.8 Å². The molecule has 3 rings (SSSR count). The Morgan fingerprint density at radius 1 is 1.29 bits per heavy atom. The van der Waals surface area contributed by atoms with Gasteiger partial charge in [0.25, 0.3) is 0 Å². The Morgan fingerprint density at radius 2 is 2.14 bits per heavy atom. The Bertz CT molecular complexity index is 675. The minimum atomic E-state index is 0.606. The molecule has 1 aliphatic carbocycles. The first-order chi connectivity index (χ1) is 10.3. The van der Waals surface area contributed by atoms with E-state index in [9.17, 15) is 0 Å². The summed E-state index contributed by atoms with van der Waals surface area (Å²) < 4.78 is 0. The third-order valence-electron chi connectivity index (χ3n) is 3.63. The summed E-state index contributed by atoms with van der Waals surface area (Å²) in [5.41, 5.74) is 3.58. The van der Waals surface area contributed by atoms with Crippen molar-refractivity contribution in [1.29, 1.82) is 0 Å². The van der Waals surface area contributed by atoms with E-state index in [1.165, 1.54) is 11.1 Å². The van der Waals surface area contributed by atoms with Gasteiger partial charge in [0.15, 0.2) is 0 Å². The molecule has 21 heavy (non-hydrogen) atoms. The Hall–Kier alpha value is -2.35. The number of allylic oxidation sites excluding steroid dienone is 5. The molecule has 0 saturated heterocycles. The summed E-state index contributed by atoms with van der Waals surface area (Å²) in [6, 6.07) is 10.3. The van der Waals surface area contributed by atoms with Crippen LogP contribution in [0.4, 0.5) is 0 Å². The average molecular weight is 276 g/mol. The zero-order valence-electron chi connectivity index (χ0n) is 12.3. The first-order valence-corrected chi connectivity index (χ1v) is 7.45. The summed E-state index contributed by atoms with van der Waals surface area (Å²) in [7, 11) is 0. The van der Waals surface area contributed by atoms with Gasteiger partial charge in [-0.05, 0) is 23.5 Å². The summed E-state index contributed by atoms with van der Waals surface area (Å²) in [5, 5.41) is 0. The lowest BCUT2D eigenvalue weighted by Gasteiger charge is -2.10. The van der Waals surface area contributed by atoms with Crippen molar-refractivity contribution in [3.63, 3.8) is 0 Å². The van der Waals surface area contributed by atoms with Crippen molar-refractivity contribution in [1.82, 2.24) is 9.97 Å². The number of aromatic amines is 1. The van der Waals surface area contributed by atoms with E-state index in [1.54, 1.807) is 0 Å². The molecule has 1 aromatic carbocycles. The van der Waals surface area contributed by atoms with Gasteiger partial charge in [0.1, 0.15) is 5.82 Å². The minimum absolute atomic E-state index is 0.606. The lowest BCUT2D eigenvalue weighted by molar-refractivity contribution is 0.739. The van der Waals surface area contributed by atoms with Gasteiger partial charge in [-0.2, -0.15) is 0 Å². The maximum absolute atomic E-state index is 4.47. The first-order valence-electron chi connectivity index (χ1n) is 7.45. The number of nitrogens with zero attached hydrogens (tertiary/aromatic N) is 1. The number of rotatable bonds is 4.